The third kappa shape index (κ3) is 3.54. The molecule has 2 rings (SSSR count). The zero-order valence-corrected chi connectivity index (χ0v) is 10.8. The monoisotopic (exact) mass is 278 g/mol. The molecule has 0 radical (unpaired) electrons. The number of nitrogens with two attached hydrogens (primary N) is 1. The number of benzene rings is 2. The largest absolute Gasteiger partial charge is 0.384 e. The Morgan fingerprint density at radius 1 is 1.05 bits per heavy atom. The molecule has 19 heavy (non-hydrogen) atoms. The fourth-order valence-electron chi connectivity index (χ4n) is 1.51. The lowest BCUT2D eigenvalue weighted by molar-refractivity contribution is 0.506. The number of amidine groups is 1. The van der Waals surface area contributed by atoms with Crippen LogP contribution < -0.4 is 5.73 Å². The second-order valence-corrected chi connectivity index (χ2v) is 5.02. The highest BCUT2D eigenvalue weighted by atomic mass is 32.2. The van der Waals surface area contributed by atoms with E-state index in [1.807, 2.05) is 12.1 Å². The Morgan fingerprint density at radius 2 is 1.74 bits per heavy atom. The van der Waals surface area contributed by atoms with Gasteiger partial charge in [-0.1, -0.05) is 24.3 Å². The van der Waals surface area contributed by atoms with E-state index in [0.717, 1.165) is 11.6 Å². The Bertz CT molecular complexity index is 597. The summed E-state index contributed by atoms with van der Waals surface area (Å²) in [5.74, 6) is -1.00. The maximum atomic E-state index is 13.0. The minimum Gasteiger partial charge on any atom is -0.384 e. The summed E-state index contributed by atoms with van der Waals surface area (Å²) in [5.41, 5.74) is 7.06. The third-order valence-electron chi connectivity index (χ3n) is 2.56. The molecule has 5 heteroatoms. The molecule has 0 unspecified atom stereocenters. The summed E-state index contributed by atoms with van der Waals surface area (Å²) < 4.78 is 25.8. The van der Waals surface area contributed by atoms with Gasteiger partial charge in [0.15, 0.2) is 11.6 Å². The number of halogens is 2. The van der Waals surface area contributed by atoms with Gasteiger partial charge in [0.25, 0.3) is 0 Å². The maximum Gasteiger partial charge on any atom is 0.159 e. The van der Waals surface area contributed by atoms with Crippen molar-refractivity contribution >= 4 is 17.6 Å². The molecule has 0 saturated carbocycles. The van der Waals surface area contributed by atoms with Crippen molar-refractivity contribution in [2.24, 2.45) is 5.73 Å². The molecule has 0 aliphatic carbocycles. The zero-order chi connectivity index (χ0) is 13.8. The minimum absolute atomic E-state index is 0.0276. The number of hydrogen-bond donors (Lipinski definition) is 2. The lowest BCUT2D eigenvalue weighted by Gasteiger charge is -2.04. The van der Waals surface area contributed by atoms with Gasteiger partial charge in [-0.05, 0) is 23.8 Å². The molecule has 0 fully saturated rings. The van der Waals surface area contributed by atoms with E-state index in [1.165, 1.54) is 17.8 Å². The van der Waals surface area contributed by atoms with Gasteiger partial charge in [0, 0.05) is 16.2 Å². The summed E-state index contributed by atoms with van der Waals surface area (Å²) in [6.07, 6.45) is 0. The fraction of sp³-hybridized carbons (Fsp3) is 0.0714. The van der Waals surface area contributed by atoms with Crippen molar-refractivity contribution in [3.05, 3.63) is 65.2 Å². The average molecular weight is 278 g/mol. The van der Waals surface area contributed by atoms with Crippen LogP contribution in [0.5, 0.6) is 0 Å². The van der Waals surface area contributed by atoms with Crippen molar-refractivity contribution in [2.45, 2.75) is 10.6 Å². The first kappa shape index (κ1) is 13.5. The van der Waals surface area contributed by atoms with Crippen molar-refractivity contribution in [3.8, 4) is 0 Å². The number of nitrogen functional groups attached to an aromatic ring is 1. The van der Waals surface area contributed by atoms with Crippen LogP contribution in [-0.4, -0.2) is 5.84 Å². The van der Waals surface area contributed by atoms with Gasteiger partial charge in [0.1, 0.15) is 5.84 Å². The first-order chi connectivity index (χ1) is 9.06. The highest BCUT2D eigenvalue weighted by Crippen LogP contribution is 2.24. The van der Waals surface area contributed by atoms with Crippen LogP contribution in [0.2, 0.25) is 0 Å². The molecule has 98 valence electrons. The van der Waals surface area contributed by atoms with Gasteiger partial charge in [0.2, 0.25) is 0 Å². The summed E-state index contributed by atoms with van der Waals surface area (Å²) >= 11 is 1.42. The van der Waals surface area contributed by atoms with E-state index >= 15 is 0 Å². The number of nitrogens with one attached hydrogen (secondary N) is 1. The van der Waals surface area contributed by atoms with E-state index in [9.17, 15) is 8.78 Å². The molecule has 0 aliphatic rings. The summed E-state index contributed by atoms with van der Waals surface area (Å²) in [6, 6.07) is 11.1. The molecular weight excluding hydrogens is 266 g/mol. The summed E-state index contributed by atoms with van der Waals surface area (Å²) in [4.78, 5) is 0.676. The van der Waals surface area contributed by atoms with Gasteiger partial charge < -0.3 is 5.73 Å². The Balaban J connectivity index is 2.01. The van der Waals surface area contributed by atoms with Gasteiger partial charge in [-0.25, -0.2) is 8.78 Å². The molecule has 0 bridgehead atoms. The van der Waals surface area contributed by atoms with Gasteiger partial charge in [0.05, 0.1) is 0 Å². The molecule has 2 aromatic carbocycles. The van der Waals surface area contributed by atoms with Crippen LogP contribution in [0.4, 0.5) is 8.78 Å². The van der Waals surface area contributed by atoms with Crippen LogP contribution in [0, 0.1) is 17.0 Å². The molecule has 3 N–H and O–H groups in total. The smallest absolute Gasteiger partial charge is 0.159 e. The van der Waals surface area contributed by atoms with Crippen LogP contribution >= 0.6 is 11.8 Å². The molecule has 0 saturated heterocycles. The minimum atomic E-state index is -0.838. The average Bonchev–Trinajstić information content (AvgIpc) is 2.40. The quantitative estimate of drug-likeness (QED) is 0.510. The summed E-state index contributed by atoms with van der Waals surface area (Å²) in [5, 5.41) is 7.28. The molecule has 0 aliphatic heterocycles. The van der Waals surface area contributed by atoms with Crippen molar-refractivity contribution < 1.29 is 8.78 Å². The van der Waals surface area contributed by atoms with Crippen molar-refractivity contribution in [1.29, 1.82) is 5.41 Å². The standard InChI is InChI=1S/C14H12F2N2S/c15-12-6-5-11(7-13(12)16)19-8-9-1-3-10(4-2-9)14(17)18/h1-7H,8H2,(H3,17,18). The van der Waals surface area contributed by atoms with Crippen molar-refractivity contribution in [3.63, 3.8) is 0 Å². The second kappa shape index (κ2) is 5.84. The number of thioether (sulfide) groups is 1. The first-order valence-corrected chi connectivity index (χ1v) is 6.56. The molecule has 2 nitrogen and oxygen atoms in total. The van der Waals surface area contributed by atoms with Crippen LogP contribution in [-0.2, 0) is 5.75 Å². The molecule has 0 atom stereocenters. The topological polar surface area (TPSA) is 49.9 Å². The first-order valence-electron chi connectivity index (χ1n) is 5.57. The lowest BCUT2D eigenvalue weighted by atomic mass is 10.1. The molecule has 0 heterocycles. The van der Waals surface area contributed by atoms with Crippen LogP contribution in [0.15, 0.2) is 47.4 Å². The fourth-order valence-corrected chi connectivity index (χ4v) is 2.39. The zero-order valence-electron chi connectivity index (χ0n) is 9.99. The predicted molar refractivity (Wildman–Crippen MR) is 73.4 cm³/mol. The van der Waals surface area contributed by atoms with Crippen LogP contribution in [0.3, 0.4) is 0 Å². The molecule has 0 aromatic heterocycles. The normalized spacial score (nSPS) is 10.4. The van der Waals surface area contributed by atoms with E-state index in [-0.39, 0.29) is 5.84 Å². The Kier molecular flexibility index (Phi) is 4.16. The number of rotatable bonds is 4. The SMILES string of the molecule is N=C(N)c1ccc(CSc2ccc(F)c(F)c2)cc1. The van der Waals surface area contributed by atoms with Gasteiger partial charge in [-0.2, -0.15) is 0 Å². The lowest BCUT2D eigenvalue weighted by Crippen LogP contribution is -2.10. The number of hydrogen-bond acceptors (Lipinski definition) is 2. The van der Waals surface area contributed by atoms with Crippen molar-refractivity contribution in [2.75, 3.05) is 0 Å². The van der Waals surface area contributed by atoms with E-state index in [4.69, 9.17) is 11.1 Å². The highest BCUT2D eigenvalue weighted by Gasteiger charge is 2.03. The van der Waals surface area contributed by atoms with E-state index in [1.54, 1.807) is 18.2 Å². The van der Waals surface area contributed by atoms with Crippen LogP contribution in [0.25, 0.3) is 0 Å². The Morgan fingerprint density at radius 3 is 2.32 bits per heavy atom. The van der Waals surface area contributed by atoms with Gasteiger partial charge in [-0.3, -0.25) is 5.41 Å². The third-order valence-corrected chi connectivity index (χ3v) is 3.63. The molecule has 0 spiro atoms. The van der Waals surface area contributed by atoms with E-state index in [0.29, 0.717) is 16.2 Å². The van der Waals surface area contributed by atoms with Gasteiger partial charge in [-0.15, -0.1) is 11.8 Å². The predicted octanol–water partition coefficient (Wildman–Crippen LogP) is 3.54. The summed E-state index contributed by atoms with van der Waals surface area (Å²) in [7, 11) is 0. The molecular formula is C14H12F2N2S. The summed E-state index contributed by atoms with van der Waals surface area (Å²) in [6.45, 7) is 0. The maximum absolute atomic E-state index is 13.0. The second-order valence-electron chi connectivity index (χ2n) is 3.98. The Labute approximate surface area is 114 Å². The Hall–Kier alpha value is -1.88. The highest BCUT2D eigenvalue weighted by molar-refractivity contribution is 7.98. The van der Waals surface area contributed by atoms with Crippen LogP contribution in [0.1, 0.15) is 11.1 Å². The van der Waals surface area contributed by atoms with Crippen molar-refractivity contribution in [1.82, 2.24) is 0 Å². The van der Waals surface area contributed by atoms with Gasteiger partial charge >= 0.3 is 0 Å². The molecule has 0 amide bonds. The van der Waals surface area contributed by atoms with E-state index in [2.05, 4.69) is 0 Å². The molecule has 2 aromatic rings. The van der Waals surface area contributed by atoms with E-state index < -0.39 is 11.6 Å².